The van der Waals surface area contributed by atoms with E-state index in [9.17, 15) is 14.7 Å². The summed E-state index contributed by atoms with van der Waals surface area (Å²) >= 11 is 0. The maximum atomic E-state index is 15.2. The van der Waals surface area contributed by atoms with Crippen molar-refractivity contribution >= 4 is 5.97 Å². The van der Waals surface area contributed by atoms with E-state index in [-0.39, 0.29) is 23.1 Å². The zero-order valence-corrected chi connectivity index (χ0v) is 17.3. The molecular formula is C22H24FNO6. The SMILES string of the molecule is COCCCOc1cc2c(cc1OC)-c1c(F)c(=O)c(C(=O)O)cn1[C@H]1C2C1(C)C. The molecule has 2 aliphatic rings. The lowest BCUT2D eigenvalue weighted by atomic mass is 9.93. The number of nitrogens with zero attached hydrogens (tertiary/aromatic N) is 1. The van der Waals surface area contributed by atoms with Gasteiger partial charge >= 0.3 is 5.97 Å². The maximum absolute atomic E-state index is 15.2. The van der Waals surface area contributed by atoms with Crippen LogP contribution in [-0.4, -0.2) is 43.1 Å². The summed E-state index contributed by atoms with van der Waals surface area (Å²) in [7, 11) is 3.12. The molecule has 1 aromatic heterocycles. The molecule has 0 radical (unpaired) electrons. The molecule has 1 aliphatic heterocycles. The van der Waals surface area contributed by atoms with Crippen LogP contribution in [0.2, 0.25) is 0 Å². The first-order valence-corrected chi connectivity index (χ1v) is 9.76. The Morgan fingerprint density at radius 3 is 2.60 bits per heavy atom. The van der Waals surface area contributed by atoms with Crippen molar-refractivity contribution in [2.24, 2.45) is 5.41 Å². The summed E-state index contributed by atoms with van der Waals surface area (Å²) in [6, 6.07) is 3.37. The van der Waals surface area contributed by atoms with Gasteiger partial charge < -0.3 is 23.9 Å². The van der Waals surface area contributed by atoms with E-state index in [1.807, 2.05) is 19.9 Å². The van der Waals surface area contributed by atoms with Gasteiger partial charge in [0.15, 0.2) is 17.3 Å². The van der Waals surface area contributed by atoms with Crippen molar-refractivity contribution in [1.82, 2.24) is 4.57 Å². The minimum Gasteiger partial charge on any atom is -0.493 e. The third-order valence-electron chi connectivity index (χ3n) is 6.16. The van der Waals surface area contributed by atoms with Crippen LogP contribution < -0.4 is 14.9 Å². The molecular weight excluding hydrogens is 393 g/mol. The third kappa shape index (κ3) is 2.89. The topological polar surface area (TPSA) is 87.0 Å². The van der Waals surface area contributed by atoms with Gasteiger partial charge in [-0.05, 0) is 23.1 Å². The van der Waals surface area contributed by atoms with Gasteiger partial charge in [-0.1, -0.05) is 13.8 Å². The number of fused-ring (bicyclic) bond motifs is 6. The van der Waals surface area contributed by atoms with Crippen LogP contribution in [-0.2, 0) is 4.74 Å². The summed E-state index contributed by atoms with van der Waals surface area (Å²) in [5, 5.41) is 9.33. The Balaban J connectivity index is 1.89. The number of hydrogen-bond acceptors (Lipinski definition) is 5. The molecule has 1 fully saturated rings. The van der Waals surface area contributed by atoms with Crippen molar-refractivity contribution in [1.29, 1.82) is 0 Å². The first-order chi connectivity index (χ1) is 14.2. The van der Waals surface area contributed by atoms with Gasteiger partial charge in [-0.2, -0.15) is 0 Å². The first kappa shape index (κ1) is 20.4. The number of pyridine rings is 1. The summed E-state index contributed by atoms with van der Waals surface area (Å²) in [6.07, 6.45) is 1.97. The van der Waals surface area contributed by atoms with Gasteiger partial charge in [-0.15, -0.1) is 0 Å². The summed E-state index contributed by atoms with van der Waals surface area (Å²) in [5.41, 5.74) is -0.430. The van der Waals surface area contributed by atoms with Gasteiger partial charge in [-0.3, -0.25) is 4.79 Å². The van der Waals surface area contributed by atoms with E-state index < -0.39 is 22.8 Å². The number of rotatable bonds is 7. The van der Waals surface area contributed by atoms with Gasteiger partial charge in [0.1, 0.15) is 5.56 Å². The second kappa shape index (κ2) is 7.12. The smallest absolute Gasteiger partial charge is 0.341 e. The molecule has 4 rings (SSSR count). The van der Waals surface area contributed by atoms with Crippen LogP contribution in [0.3, 0.4) is 0 Å². The van der Waals surface area contributed by atoms with E-state index in [0.717, 1.165) is 5.56 Å². The number of carboxylic acids is 1. The third-order valence-corrected chi connectivity index (χ3v) is 6.16. The molecule has 1 aliphatic carbocycles. The summed E-state index contributed by atoms with van der Waals surface area (Å²) in [4.78, 5) is 23.8. The highest BCUT2D eigenvalue weighted by molar-refractivity contribution is 5.88. The first-order valence-electron chi connectivity index (χ1n) is 9.76. The van der Waals surface area contributed by atoms with Crippen molar-refractivity contribution in [3.05, 3.63) is 45.5 Å². The average Bonchev–Trinajstić information content (AvgIpc) is 3.29. The lowest BCUT2D eigenvalue weighted by molar-refractivity contribution is 0.0693. The fourth-order valence-electron chi connectivity index (χ4n) is 4.63. The van der Waals surface area contributed by atoms with Crippen LogP contribution in [0.5, 0.6) is 11.5 Å². The van der Waals surface area contributed by atoms with E-state index in [1.54, 1.807) is 17.7 Å². The fraction of sp³-hybridized carbons (Fsp3) is 0.455. The number of halogens is 1. The largest absolute Gasteiger partial charge is 0.493 e. The molecule has 1 N–H and O–H groups in total. The van der Waals surface area contributed by atoms with E-state index in [2.05, 4.69) is 0 Å². The summed E-state index contributed by atoms with van der Waals surface area (Å²) in [6.45, 7) is 5.09. The molecule has 0 spiro atoms. The predicted molar refractivity (Wildman–Crippen MR) is 107 cm³/mol. The Morgan fingerprint density at radius 1 is 1.23 bits per heavy atom. The number of hydrogen-bond donors (Lipinski definition) is 1. The van der Waals surface area contributed by atoms with E-state index in [4.69, 9.17) is 14.2 Å². The van der Waals surface area contributed by atoms with E-state index in [1.165, 1.54) is 13.3 Å². The molecule has 2 heterocycles. The maximum Gasteiger partial charge on any atom is 0.341 e. The van der Waals surface area contributed by atoms with Crippen molar-refractivity contribution in [3.63, 3.8) is 0 Å². The van der Waals surface area contributed by atoms with Crippen molar-refractivity contribution in [3.8, 4) is 22.8 Å². The van der Waals surface area contributed by atoms with Gasteiger partial charge in [0.25, 0.3) is 0 Å². The Bertz CT molecular complexity index is 1090. The lowest BCUT2D eigenvalue weighted by Gasteiger charge is -2.24. The van der Waals surface area contributed by atoms with E-state index in [0.29, 0.717) is 36.7 Å². The van der Waals surface area contributed by atoms with Crippen LogP contribution in [0.25, 0.3) is 11.3 Å². The monoisotopic (exact) mass is 417 g/mol. The minimum absolute atomic E-state index is 0.0378. The highest BCUT2D eigenvalue weighted by atomic mass is 19.1. The molecule has 2 aromatic rings. The van der Waals surface area contributed by atoms with Crippen molar-refractivity contribution in [2.75, 3.05) is 27.4 Å². The number of carboxylic acid groups (broad SMARTS) is 1. The van der Waals surface area contributed by atoms with Crippen LogP contribution >= 0.6 is 0 Å². The Kier molecular flexibility index (Phi) is 4.85. The number of methoxy groups -OCH3 is 2. The predicted octanol–water partition coefficient (Wildman–Crippen LogP) is 3.45. The number of ether oxygens (including phenoxy) is 3. The normalized spacial score (nSPS) is 20.0. The molecule has 8 heteroatoms. The zero-order valence-electron chi connectivity index (χ0n) is 17.3. The van der Waals surface area contributed by atoms with Gasteiger partial charge in [0.2, 0.25) is 5.43 Å². The quantitative estimate of drug-likeness (QED) is 0.695. The standard InChI is InChI=1S/C22H24FNO6/c1-22(2)16-11-8-15(30-7-5-6-28-3)14(29-4)9-12(11)18-17(23)19(25)13(21(26)27)10-24(18)20(16)22/h8-10,16,20H,5-7H2,1-4H3,(H,26,27)/t16?,20-/m0/s1. The molecule has 2 atom stereocenters. The second-order valence-corrected chi connectivity index (χ2v) is 8.28. The second-order valence-electron chi connectivity index (χ2n) is 8.28. The van der Waals surface area contributed by atoms with Crippen LogP contribution in [0.4, 0.5) is 4.39 Å². The number of aromatic nitrogens is 1. The molecule has 0 saturated heterocycles. The Labute approximate surface area is 173 Å². The average molecular weight is 417 g/mol. The number of aromatic carboxylic acids is 1. The highest BCUT2D eigenvalue weighted by Gasteiger charge is 2.63. The van der Waals surface area contributed by atoms with Crippen LogP contribution in [0.1, 0.15) is 48.1 Å². The summed E-state index contributed by atoms with van der Waals surface area (Å²) < 4.78 is 33.1. The molecule has 1 saturated carbocycles. The minimum atomic E-state index is -1.44. The highest BCUT2D eigenvalue weighted by Crippen LogP contribution is 2.72. The van der Waals surface area contributed by atoms with Gasteiger partial charge in [0.05, 0.1) is 19.4 Å². The Hall–Kier alpha value is -2.87. The molecule has 1 aromatic carbocycles. The van der Waals surface area contributed by atoms with Crippen LogP contribution in [0, 0.1) is 11.2 Å². The molecule has 0 amide bonds. The molecule has 30 heavy (non-hydrogen) atoms. The summed E-state index contributed by atoms with van der Waals surface area (Å²) in [5.74, 6) is -1.49. The molecule has 160 valence electrons. The number of benzene rings is 1. The molecule has 7 nitrogen and oxygen atoms in total. The molecule has 0 bridgehead atoms. The van der Waals surface area contributed by atoms with Gasteiger partial charge in [0, 0.05) is 43.9 Å². The molecule has 1 unspecified atom stereocenters. The lowest BCUT2D eigenvalue weighted by Crippen LogP contribution is -2.25. The Morgan fingerprint density at radius 2 is 1.97 bits per heavy atom. The van der Waals surface area contributed by atoms with Crippen molar-refractivity contribution in [2.45, 2.75) is 32.2 Å². The zero-order chi connectivity index (χ0) is 21.8. The van der Waals surface area contributed by atoms with Crippen LogP contribution in [0.15, 0.2) is 23.1 Å². The van der Waals surface area contributed by atoms with E-state index >= 15 is 4.39 Å². The van der Waals surface area contributed by atoms with Gasteiger partial charge in [-0.25, -0.2) is 9.18 Å². The van der Waals surface area contributed by atoms with Crippen molar-refractivity contribution < 1.29 is 28.5 Å². The fourth-order valence-corrected chi connectivity index (χ4v) is 4.63. The number of carbonyl (C=O) groups is 1.